The van der Waals surface area contributed by atoms with E-state index in [0.717, 1.165) is 10.9 Å². The zero-order valence-corrected chi connectivity index (χ0v) is 23.0. The van der Waals surface area contributed by atoms with E-state index in [1.54, 1.807) is 19.3 Å². The highest BCUT2D eigenvalue weighted by Gasteiger charge is 2.21. The number of hydrogen-bond acceptors (Lipinski definition) is 8. The van der Waals surface area contributed by atoms with Crippen molar-refractivity contribution >= 4 is 51.7 Å². The Balaban J connectivity index is 0.000000688. The predicted molar refractivity (Wildman–Crippen MR) is 143 cm³/mol. The summed E-state index contributed by atoms with van der Waals surface area (Å²) >= 11 is 14.5. The van der Waals surface area contributed by atoms with Crippen LogP contribution in [0.4, 0.5) is 5.82 Å². The molecule has 33 heavy (non-hydrogen) atoms. The van der Waals surface area contributed by atoms with E-state index in [0.29, 0.717) is 43.8 Å². The normalized spacial score (nSPS) is 10.2. The number of methoxy groups -OCH3 is 2. The van der Waals surface area contributed by atoms with Crippen LogP contribution in [0, 0.1) is 0 Å². The predicted octanol–water partition coefficient (Wildman–Crippen LogP) is 6.37. The molecule has 3 rings (SSSR count). The van der Waals surface area contributed by atoms with E-state index in [4.69, 9.17) is 32.7 Å². The van der Waals surface area contributed by atoms with E-state index in [1.807, 2.05) is 38.4 Å². The molecule has 10 heteroatoms. The molecule has 0 saturated carbocycles. The summed E-state index contributed by atoms with van der Waals surface area (Å²) in [5.41, 5.74) is 1.81. The maximum Gasteiger partial charge on any atom is 0.187 e. The van der Waals surface area contributed by atoms with Gasteiger partial charge < -0.3 is 19.7 Å². The van der Waals surface area contributed by atoms with Crippen LogP contribution in [0.15, 0.2) is 23.5 Å². The molecule has 2 heterocycles. The number of thioether (sulfide) groups is 1. The Hall–Kier alpha value is -2.00. The number of fused-ring (bicyclic) bond motifs is 1. The first-order chi connectivity index (χ1) is 15.7. The van der Waals surface area contributed by atoms with Crippen LogP contribution in [0.3, 0.4) is 0 Å². The fourth-order valence-electron chi connectivity index (χ4n) is 2.53. The number of nitrogens with zero attached hydrogens (tertiary/aromatic N) is 4. The Morgan fingerprint density at radius 2 is 1.52 bits per heavy atom. The Morgan fingerprint density at radius 3 is 1.94 bits per heavy atom. The molecule has 0 unspecified atom stereocenters. The van der Waals surface area contributed by atoms with E-state index in [2.05, 4.69) is 34.1 Å². The van der Waals surface area contributed by atoms with E-state index in [1.165, 1.54) is 32.4 Å². The zero-order valence-electron chi connectivity index (χ0n) is 20.7. The largest absolute Gasteiger partial charge is 0.495 e. The standard InChI is InChI=1S/C17H16Cl2N4O2S.C3H9N.C3H8/c1-20-16-15-8(7-21-17(23-15)26-4)5-9(22-16)12-13(18)10(24-2)6-11(25-3)14(12)19;1-4(2)3;1-3-2/h5-7H,1-4H3,(H,20,22);1-3H3;3H2,1-2H3. The van der Waals surface area contributed by atoms with Crippen molar-refractivity contribution in [2.24, 2.45) is 0 Å². The molecule has 0 amide bonds. The molecule has 0 saturated heterocycles. The van der Waals surface area contributed by atoms with Gasteiger partial charge in [-0.15, -0.1) is 0 Å². The summed E-state index contributed by atoms with van der Waals surface area (Å²) in [5.74, 6) is 1.50. The van der Waals surface area contributed by atoms with Crippen LogP contribution < -0.4 is 14.8 Å². The van der Waals surface area contributed by atoms with Crippen LogP contribution in [0.5, 0.6) is 11.5 Å². The zero-order chi connectivity index (χ0) is 25.1. The molecule has 0 aliphatic rings. The van der Waals surface area contributed by atoms with Gasteiger partial charge >= 0.3 is 0 Å². The highest BCUT2D eigenvalue weighted by molar-refractivity contribution is 7.98. The van der Waals surface area contributed by atoms with Crippen molar-refractivity contribution in [1.29, 1.82) is 0 Å². The molecule has 2 aromatic heterocycles. The summed E-state index contributed by atoms with van der Waals surface area (Å²) in [6.07, 6.45) is 4.92. The maximum absolute atomic E-state index is 6.51. The number of rotatable bonds is 5. The monoisotopic (exact) mass is 513 g/mol. The van der Waals surface area contributed by atoms with Crippen LogP contribution in [0.25, 0.3) is 22.2 Å². The second-order valence-electron chi connectivity index (χ2n) is 7.23. The highest BCUT2D eigenvalue weighted by Crippen LogP contribution is 2.46. The summed E-state index contributed by atoms with van der Waals surface area (Å²) in [4.78, 5) is 15.5. The fraction of sp³-hybridized carbons (Fsp3) is 0.435. The van der Waals surface area contributed by atoms with E-state index >= 15 is 0 Å². The number of aromatic nitrogens is 3. The Labute approximate surface area is 211 Å². The van der Waals surface area contributed by atoms with Crippen LogP contribution in [0.1, 0.15) is 20.3 Å². The van der Waals surface area contributed by atoms with E-state index in [9.17, 15) is 0 Å². The molecule has 1 aromatic carbocycles. The number of halogens is 2. The summed E-state index contributed by atoms with van der Waals surface area (Å²) in [7, 11) is 10.8. The average Bonchev–Trinajstić information content (AvgIpc) is 2.78. The van der Waals surface area contributed by atoms with Gasteiger partial charge in [0.15, 0.2) is 11.0 Å². The lowest BCUT2D eigenvalue weighted by atomic mass is 10.1. The van der Waals surface area contributed by atoms with Crippen molar-refractivity contribution in [3.8, 4) is 22.8 Å². The van der Waals surface area contributed by atoms with Crippen LogP contribution >= 0.6 is 35.0 Å². The Kier molecular flexibility index (Phi) is 12.6. The number of anilines is 1. The topological polar surface area (TPSA) is 72.4 Å². The molecule has 182 valence electrons. The fourth-order valence-corrected chi connectivity index (χ4v) is 3.57. The second-order valence-corrected chi connectivity index (χ2v) is 8.76. The van der Waals surface area contributed by atoms with E-state index in [-0.39, 0.29) is 0 Å². The average molecular weight is 515 g/mol. The van der Waals surface area contributed by atoms with Gasteiger partial charge in [0.05, 0.1) is 30.0 Å². The smallest absolute Gasteiger partial charge is 0.187 e. The van der Waals surface area contributed by atoms with Crippen LogP contribution in [-0.2, 0) is 0 Å². The van der Waals surface area contributed by atoms with Crippen LogP contribution in [0.2, 0.25) is 10.0 Å². The van der Waals surface area contributed by atoms with Gasteiger partial charge in [-0.1, -0.05) is 55.2 Å². The third kappa shape index (κ3) is 7.78. The molecule has 0 fully saturated rings. The molecule has 0 aliphatic heterocycles. The van der Waals surface area contributed by atoms with Crippen molar-refractivity contribution < 1.29 is 9.47 Å². The van der Waals surface area contributed by atoms with Gasteiger partial charge in [0.1, 0.15) is 17.0 Å². The first-order valence-electron chi connectivity index (χ1n) is 10.3. The minimum atomic E-state index is 0.355. The lowest BCUT2D eigenvalue weighted by Crippen LogP contribution is -2.00. The molecule has 0 bridgehead atoms. The lowest BCUT2D eigenvalue weighted by molar-refractivity contribution is 0.395. The lowest BCUT2D eigenvalue weighted by Gasteiger charge is -2.15. The van der Waals surface area contributed by atoms with Gasteiger partial charge in [-0.3, -0.25) is 0 Å². The number of pyridine rings is 1. The minimum Gasteiger partial charge on any atom is -0.495 e. The van der Waals surface area contributed by atoms with E-state index < -0.39 is 0 Å². The Bertz CT molecular complexity index is 1020. The van der Waals surface area contributed by atoms with Crippen LogP contribution in [-0.4, -0.2) is 68.5 Å². The molecular formula is C23H33Cl2N5O2S. The number of ether oxygens (including phenoxy) is 2. The van der Waals surface area contributed by atoms with Gasteiger partial charge in [-0.25, -0.2) is 15.0 Å². The van der Waals surface area contributed by atoms with Crippen molar-refractivity contribution in [3.63, 3.8) is 0 Å². The third-order valence-electron chi connectivity index (χ3n) is 3.79. The SMILES string of the molecule is CCC.CN(C)C.CNc1nc(-c2c(Cl)c(OC)cc(OC)c2Cl)cc2cnc(SC)nc12. The number of nitrogens with one attached hydrogen (secondary N) is 1. The van der Waals surface area contributed by atoms with Crippen molar-refractivity contribution in [1.82, 2.24) is 19.9 Å². The summed E-state index contributed by atoms with van der Waals surface area (Å²) < 4.78 is 10.7. The first-order valence-corrected chi connectivity index (χ1v) is 12.3. The van der Waals surface area contributed by atoms with Crippen molar-refractivity contribution in [2.45, 2.75) is 25.4 Å². The molecule has 1 N–H and O–H groups in total. The van der Waals surface area contributed by atoms with Gasteiger partial charge in [-0.05, 0) is 33.5 Å². The molecule has 0 radical (unpaired) electrons. The van der Waals surface area contributed by atoms with Gasteiger partial charge in [-0.2, -0.15) is 0 Å². The molecular weight excluding hydrogens is 481 g/mol. The van der Waals surface area contributed by atoms with Gasteiger partial charge in [0, 0.05) is 30.3 Å². The molecule has 7 nitrogen and oxygen atoms in total. The van der Waals surface area contributed by atoms with Gasteiger partial charge in [0.2, 0.25) is 0 Å². The third-order valence-corrected chi connectivity index (χ3v) is 5.11. The summed E-state index contributed by atoms with van der Waals surface area (Å²) in [6, 6.07) is 3.48. The Morgan fingerprint density at radius 1 is 1.00 bits per heavy atom. The molecule has 0 aliphatic carbocycles. The van der Waals surface area contributed by atoms with Crippen molar-refractivity contribution in [2.75, 3.05) is 54.0 Å². The second kappa shape index (κ2) is 14.3. The molecule has 0 spiro atoms. The minimum absolute atomic E-state index is 0.355. The first kappa shape index (κ1) is 29.0. The summed E-state index contributed by atoms with van der Waals surface area (Å²) in [6.45, 7) is 4.25. The maximum atomic E-state index is 6.51. The van der Waals surface area contributed by atoms with Gasteiger partial charge in [0.25, 0.3) is 0 Å². The quantitative estimate of drug-likeness (QED) is 0.311. The number of hydrogen-bond donors (Lipinski definition) is 1. The number of benzene rings is 1. The molecule has 0 atom stereocenters. The van der Waals surface area contributed by atoms with Crippen molar-refractivity contribution in [3.05, 3.63) is 28.4 Å². The molecule has 3 aromatic rings. The summed E-state index contributed by atoms with van der Waals surface area (Å²) in [5, 5.41) is 5.26. The highest BCUT2D eigenvalue weighted by atomic mass is 35.5.